The average molecular weight is 389 g/mol. The first-order valence-corrected chi connectivity index (χ1v) is 8.59. The van der Waals surface area contributed by atoms with E-state index in [4.69, 9.17) is 0 Å². The van der Waals surface area contributed by atoms with Crippen LogP contribution in [0.1, 0.15) is 32.3 Å². The minimum Gasteiger partial charge on any atom is -0.324 e. The fourth-order valence-electron chi connectivity index (χ4n) is 2.33. The molecule has 0 fully saturated rings. The molecule has 0 spiro atoms. The van der Waals surface area contributed by atoms with Crippen LogP contribution in [0.5, 0.6) is 0 Å². The number of carbonyl (C=O) groups excluding carboxylic acids is 2. The lowest BCUT2D eigenvalue weighted by molar-refractivity contribution is -0.120. The fraction of sp³-hybridized carbons (Fsp3) is 0.263. The number of halogens is 1. The van der Waals surface area contributed by atoms with Crippen molar-refractivity contribution in [1.29, 1.82) is 0 Å². The standard InChI is InChI=1S/C19H21BrN2O2/c1-13(2)15-7-9-18(10-8-15)22(14(3)23)12-19(24)21-17-6-4-5-16(20)11-17/h4-11,13H,12H2,1-3H3,(H,21,24). The molecule has 0 atom stereocenters. The van der Waals surface area contributed by atoms with Gasteiger partial charge in [0.1, 0.15) is 6.54 Å². The van der Waals surface area contributed by atoms with E-state index in [9.17, 15) is 9.59 Å². The van der Waals surface area contributed by atoms with Crippen molar-refractivity contribution < 1.29 is 9.59 Å². The van der Waals surface area contributed by atoms with Crippen LogP contribution < -0.4 is 10.2 Å². The number of hydrogen-bond acceptors (Lipinski definition) is 2. The van der Waals surface area contributed by atoms with Crippen molar-refractivity contribution >= 4 is 39.1 Å². The van der Waals surface area contributed by atoms with E-state index in [0.717, 1.165) is 10.2 Å². The van der Waals surface area contributed by atoms with Gasteiger partial charge in [0.2, 0.25) is 11.8 Å². The van der Waals surface area contributed by atoms with Crippen LogP contribution in [0, 0.1) is 0 Å². The molecule has 24 heavy (non-hydrogen) atoms. The van der Waals surface area contributed by atoms with Gasteiger partial charge in [-0.15, -0.1) is 0 Å². The molecule has 0 bridgehead atoms. The highest BCUT2D eigenvalue weighted by molar-refractivity contribution is 9.10. The third kappa shape index (κ3) is 4.93. The lowest BCUT2D eigenvalue weighted by atomic mass is 10.0. The zero-order valence-electron chi connectivity index (χ0n) is 14.0. The van der Waals surface area contributed by atoms with Gasteiger partial charge < -0.3 is 10.2 Å². The summed E-state index contributed by atoms with van der Waals surface area (Å²) in [5.41, 5.74) is 2.60. The highest BCUT2D eigenvalue weighted by Crippen LogP contribution is 2.21. The summed E-state index contributed by atoms with van der Waals surface area (Å²) < 4.78 is 0.882. The Balaban J connectivity index is 2.10. The molecule has 5 heteroatoms. The van der Waals surface area contributed by atoms with Crippen LogP contribution in [-0.2, 0) is 9.59 Å². The quantitative estimate of drug-likeness (QED) is 0.815. The topological polar surface area (TPSA) is 49.4 Å². The van der Waals surface area contributed by atoms with Gasteiger partial charge >= 0.3 is 0 Å². The third-order valence-corrected chi connectivity index (χ3v) is 4.15. The normalized spacial score (nSPS) is 10.5. The van der Waals surface area contributed by atoms with Gasteiger partial charge in [0.25, 0.3) is 0 Å². The fourth-order valence-corrected chi connectivity index (χ4v) is 2.73. The first-order chi connectivity index (χ1) is 11.4. The van der Waals surface area contributed by atoms with E-state index in [-0.39, 0.29) is 18.4 Å². The zero-order valence-corrected chi connectivity index (χ0v) is 15.6. The monoisotopic (exact) mass is 388 g/mol. The minimum atomic E-state index is -0.240. The van der Waals surface area contributed by atoms with E-state index in [1.807, 2.05) is 42.5 Å². The SMILES string of the molecule is CC(=O)N(CC(=O)Nc1cccc(Br)c1)c1ccc(C(C)C)cc1. The van der Waals surface area contributed by atoms with Gasteiger partial charge in [-0.1, -0.05) is 48.0 Å². The molecule has 2 amide bonds. The highest BCUT2D eigenvalue weighted by atomic mass is 79.9. The van der Waals surface area contributed by atoms with Crippen molar-refractivity contribution in [2.24, 2.45) is 0 Å². The van der Waals surface area contributed by atoms with Crippen LogP contribution >= 0.6 is 15.9 Å². The summed E-state index contributed by atoms with van der Waals surface area (Å²) in [6.45, 7) is 5.66. The predicted octanol–water partition coefficient (Wildman–Crippen LogP) is 4.56. The van der Waals surface area contributed by atoms with Crippen LogP contribution in [-0.4, -0.2) is 18.4 Å². The number of rotatable bonds is 5. The molecule has 126 valence electrons. The zero-order chi connectivity index (χ0) is 17.7. The molecule has 1 N–H and O–H groups in total. The molecule has 0 aromatic heterocycles. The van der Waals surface area contributed by atoms with Crippen LogP contribution in [0.4, 0.5) is 11.4 Å². The van der Waals surface area contributed by atoms with Gasteiger partial charge in [0.05, 0.1) is 0 Å². The molecule has 0 unspecified atom stereocenters. The smallest absolute Gasteiger partial charge is 0.244 e. The Morgan fingerprint density at radius 1 is 1.12 bits per heavy atom. The minimum absolute atomic E-state index is 0.0249. The van der Waals surface area contributed by atoms with Crippen LogP contribution in [0.15, 0.2) is 53.0 Å². The Hall–Kier alpha value is -2.14. The summed E-state index contributed by atoms with van der Waals surface area (Å²) in [5, 5.41) is 2.80. The van der Waals surface area contributed by atoms with Crippen molar-refractivity contribution in [2.75, 3.05) is 16.8 Å². The van der Waals surface area contributed by atoms with Gasteiger partial charge in [0, 0.05) is 22.8 Å². The molecule has 2 aromatic rings. The molecule has 0 heterocycles. The van der Waals surface area contributed by atoms with Gasteiger partial charge in [-0.05, 0) is 41.8 Å². The summed E-state index contributed by atoms with van der Waals surface area (Å²) in [6.07, 6.45) is 0. The highest BCUT2D eigenvalue weighted by Gasteiger charge is 2.16. The van der Waals surface area contributed by atoms with Crippen molar-refractivity contribution in [3.63, 3.8) is 0 Å². The van der Waals surface area contributed by atoms with E-state index >= 15 is 0 Å². The third-order valence-electron chi connectivity index (χ3n) is 3.66. The lowest BCUT2D eigenvalue weighted by Crippen LogP contribution is -2.36. The molecule has 0 saturated heterocycles. The van der Waals surface area contributed by atoms with E-state index in [1.54, 1.807) is 6.07 Å². The Morgan fingerprint density at radius 3 is 2.33 bits per heavy atom. The lowest BCUT2D eigenvalue weighted by Gasteiger charge is -2.21. The van der Waals surface area contributed by atoms with Crippen molar-refractivity contribution in [3.8, 4) is 0 Å². The first kappa shape index (κ1) is 18.2. The summed E-state index contributed by atoms with van der Waals surface area (Å²) in [4.78, 5) is 25.7. The summed E-state index contributed by atoms with van der Waals surface area (Å²) in [7, 11) is 0. The number of carbonyl (C=O) groups is 2. The maximum absolute atomic E-state index is 12.3. The van der Waals surface area contributed by atoms with Crippen LogP contribution in [0.25, 0.3) is 0 Å². The molecular formula is C19H21BrN2O2. The maximum atomic E-state index is 12.3. The van der Waals surface area contributed by atoms with Crippen molar-refractivity contribution in [1.82, 2.24) is 0 Å². The summed E-state index contributed by atoms with van der Waals surface area (Å²) in [6, 6.07) is 15.1. The van der Waals surface area contributed by atoms with Gasteiger partial charge in [-0.3, -0.25) is 9.59 Å². The van der Waals surface area contributed by atoms with Crippen LogP contribution in [0.3, 0.4) is 0 Å². The van der Waals surface area contributed by atoms with E-state index in [0.29, 0.717) is 11.6 Å². The Bertz CT molecular complexity index is 726. The second kappa shape index (κ2) is 8.11. The molecule has 0 aliphatic heterocycles. The Morgan fingerprint density at radius 2 is 1.79 bits per heavy atom. The number of amides is 2. The number of anilines is 2. The van der Waals surface area contributed by atoms with Gasteiger partial charge in [-0.25, -0.2) is 0 Å². The number of hydrogen-bond donors (Lipinski definition) is 1. The average Bonchev–Trinajstić information content (AvgIpc) is 2.52. The number of nitrogens with one attached hydrogen (secondary N) is 1. The summed E-state index contributed by atoms with van der Waals surface area (Å²) >= 11 is 3.37. The first-order valence-electron chi connectivity index (χ1n) is 7.80. The molecule has 2 aromatic carbocycles. The Labute approximate surface area is 151 Å². The molecular weight excluding hydrogens is 368 g/mol. The molecule has 0 aliphatic rings. The molecule has 0 radical (unpaired) electrons. The number of nitrogens with zero attached hydrogens (tertiary/aromatic N) is 1. The summed E-state index contributed by atoms with van der Waals surface area (Å²) in [5.74, 6) is 0.0116. The second-order valence-electron chi connectivity index (χ2n) is 5.91. The van der Waals surface area contributed by atoms with E-state index in [1.165, 1.54) is 17.4 Å². The van der Waals surface area contributed by atoms with Gasteiger partial charge in [0.15, 0.2) is 0 Å². The van der Waals surface area contributed by atoms with E-state index < -0.39 is 0 Å². The molecule has 0 aliphatic carbocycles. The molecule has 0 saturated carbocycles. The van der Waals surface area contributed by atoms with Gasteiger partial charge in [-0.2, -0.15) is 0 Å². The number of benzene rings is 2. The van der Waals surface area contributed by atoms with Crippen molar-refractivity contribution in [2.45, 2.75) is 26.7 Å². The molecule has 2 rings (SSSR count). The van der Waals surface area contributed by atoms with Crippen molar-refractivity contribution in [3.05, 3.63) is 58.6 Å². The van der Waals surface area contributed by atoms with E-state index in [2.05, 4.69) is 35.1 Å². The second-order valence-corrected chi connectivity index (χ2v) is 6.83. The molecule has 4 nitrogen and oxygen atoms in total. The largest absolute Gasteiger partial charge is 0.324 e. The maximum Gasteiger partial charge on any atom is 0.244 e. The Kier molecular flexibility index (Phi) is 6.15. The van der Waals surface area contributed by atoms with Crippen LogP contribution in [0.2, 0.25) is 0 Å². The predicted molar refractivity (Wildman–Crippen MR) is 101 cm³/mol.